The van der Waals surface area contributed by atoms with E-state index in [1.165, 1.54) is 0 Å². The van der Waals surface area contributed by atoms with Gasteiger partial charge in [0.1, 0.15) is 0 Å². The van der Waals surface area contributed by atoms with Crippen LogP contribution < -0.4 is 0 Å². The zero-order valence-electron chi connectivity index (χ0n) is 3.53. The second-order valence-corrected chi connectivity index (χ2v) is 0.698. The molecule has 0 aromatic heterocycles. The minimum absolute atomic E-state index is 0. The predicted octanol–water partition coefficient (Wildman–Crippen LogP) is -2.30. The van der Waals surface area contributed by atoms with E-state index in [0.717, 1.165) is 0 Å². The molecule has 0 bridgehead atoms. The molecule has 0 aliphatic rings. The zero-order valence-corrected chi connectivity index (χ0v) is 3.53. The molecule has 0 unspecified atom stereocenters. The molecule has 54 valence electrons. The molecule has 0 saturated heterocycles. The van der Waals surface area contributed by atoms with Gasteiger partial charge in [0.25, 0.3) is 0 Å². The Morgan fingerprint density at radius 3 is 1.00 bits per heavy atom. The topological polar surface area (TPSA) is 93.1 Å². The summed E-state index contributed by atoms with van der Waals surface area (Å²) in [7, 11) is 0. The van der Waals surface area contributed by atoms with Gasteiger partial charge in [-0.05, 0) is 0 Å². The van der Waals surface area contributed by atoms with Crippen molar-refractivity contribution in [3.63, 3.8) is 0 Å². The first-order valence-electron chi connectivity index (χ1n) is 1.43. The summed E-state index contributed by atoms with van der Waals surface area (Å²) in [5.41, 5.74) is 0. The van der Waals surface area contributed by atoms with Gasteiger partial charge in [0.2, 0.25) is 0 Å². The molecule has 12 heavy (non-hydrogen) atoms. The SMILES string of the molecule is O=C(O)OOC(=O)O.[LiH].[LiH].[LiH].[LiH]. The molecule has 2 N–H and O–H groups in total. The van der Waals surface area contributed by atoms with Crippen LogP contribution in [0.15, 0.2) is 0 Å². The normalized spacial score (nSPS) is 5.00. The molecule has 0 rings (SSSR count). The van der Waals surface area contributed by atoms with Crippen LogP contribution in [0.2, 0.25) is 0 Å². The van der Waals surface area contributed by atoms with E-state index >= 15 is 0 Å². The summed E-state index contributed by atoms with van der Waals surface area (Å²) >= 11 is 0. The Kier molecular flexibility index (Phi) is 43.6. The number of rotatable bonds is 0. The Morgan fingerprint density at radius 1 is 0.750 bits per heavy atom. The fourth-order valence-corrected chi connectivity index (χ4v) is 0.0713. The maximum absolute atomic E-state index is 9.29. The van der Waals surface area contributed by atoms with E-state index in [4.69, 9.17) is 10.2 Å². The van der Waals surface area contributed by atoms with Crippen molar-refractivity contribution < 1.29 is 29.6 Å². The Hall–Kier alpha value is 0.930. The van der Waals surface area contributed by atoms with E-state index in [0.29, 0.717) is 0 Å². The van der Waals surface area contributed by atoms with Crippen molar-refractivity contribution in [2.45, 2.75) is 0 Å². The first-order chi connectivity index (χ1) is 3.63. The van der Waals surface area contributed by atoms with E-state index in [-0.39, 0.29) is 75.4 Å². The van der Waals surface area contributed by atoms with Crippen molar-refractivity contribution >= 4 is 87.8 Å². The molecule has 0 radical (unpaired) electrons. The monoisotopic (exact) mass is 154 g/mol. The Bertz CT molecular complexity index is 102. The molecule has 0 saturated carbocycles. The average molecular weight is 154 g/mol. The molecule has 0 heterocycles. The van der Waals surface area contributed by atoms with Crippen molar-refractivity contribution in [1.29, 1.82) is 0 Å². The van der Waals surface area contributed by atoms with Crippen molar-refractivity contribution in [2.75, 3.05) is 0 Å². The van der Waals surface area contributed by atoms with Crippen LogP contribution in [0.3, 0.4) is 0 Å². The number of carbonyl (C=O) groups is 2. The second kappa shape index (κ2) is 17.9. The van der Waals surface area contributed by atoms with Gasteiger partial charge in [-0.3, -0.25) is 0 Å². The van der Waals surface area contributed by atoms with Gasteiger partial charge in [-0.1, -0.05) is 0 Å². The molecule has 0 atom stereocenters. The van der Waals surface area contributed by atoms with Crippen LogP contribution in [0.4, 0.5) is 9.59 Å². The summed E-state index contributed by atoms with van der Waals surface area (Å²) in [4.78, 5) is 24.8. The molecule has 0 amide bonds. The van der Waals surface area contributed by atoms with Crippen molar-refractivity contribution in [2.24, 2.45) is 0 Å². The molecule has 10 heteroatoms. The quantitative estimate of drug-likeness (QED) is 0.231. The van der Waals surface area contributed by atoms with Gasteiger partial charge in [0, 0.05) is 0 Å². The molecule has 0 aromatic rings. The fourth-order valence-electron chi connectivity index (χ4n) is 0.0713. The van der Waals surface area contributed by atoms with E-state index < -0.39 is 12.3 Å². The molecule has 0 fully saturated rings. The van der Waals surface area contributed by atoms with Crippen LogP contribution in [0, 0.1) is 0 Å². The Balaban J connectivity index is -0.0000000408. The molecular weight excluding hydrogens is 148 g/mol. The number of hydrogen-bond donors (Lipinski definition) is 2. The molecule has 0 aromatic carbocycles. The Morgan fingerprint density at radius 2 is 0.917 bits per heavy atom. The summed E-state index contributed by atoms with van der Waals surface area (Å²) in [5, 5.41) is 15.1. The van der Waals surface area contributed by atoms with Gasteiger partial charge >= 0.3 is 87.8 Å². The standard InChI is InChI=1S/C2H2O6.4Li.4H/c3-1(4)7-8-2(5)6;;;;;;;;/h(H,3,4)(H,5,6);;;;;;;;. The van der Waals surface area contributed by atoms with Gasteiger partial charge in [-0.15, -0.1) is 0 Å². The van der Waals surface area contributed by atoms with Gasteiger partial charge in [0.05, 0.1) is 0 Å². The maximum atomic E-state index is 9.29. The summed E-state index contributed by atoms with van der Waals surface area (Å²) in [6, 6.07) is 0. The van der Waals surface area contributed by atoms with Crippen molar-refractivity contribution in [1.82, 2.24) is 0 Å². The van der Waals surface area contributed by atoms with Crippen molar-refractivity contribution in [3.8, 4) is 0 Å². The first kappa shape index (κ1) is 29.3. The van der Waals surface area contributed by atoms with Crippen LogP contribution in [-0.4, -0.2) is 98.0 Å². The zero-order chi connectivity index (χ0) is 6.57. The summed E-state index contributed by atoms with van der Waals surface area (Å²) in [6.07, 6.45) is -3.60. The Labute approximate surface area is 116 Å². The van der Waals surface area contributed by atoms with Crippen LogP contribution in [0.5, 0.6) is 0 Å². The summed E-state index contributed by atoms with van der Waals surface area (Å²) in [6.45, 7) is 0. The van der Waals surface area contributed by atoms with E-state index in [2.05, 4.69) is 9.78 Å². The van der Waals surface area contributed by atoms with E-state index in [1.54, 1.807) is 0 Å². The van der Waals surface area contributed by atoms with Crippen LogP contribution in [0.1, 0.15) is 0 Å². The number of hydrogen-bond acceptors (Lipinski definition) is 4. The first-order valence-corrected chi connectivity index (χ1v) is 1.43. The van der Waals surface area contributed by atoms with Crippen LogP contribution in [0.25, 0.3) is 0 Å². The summed E-state index contributed by atoms with van der Waals surface area (Å²) < 4.78 is 0. The van der Waals surface area contributed by atoms with Crippen LogP contribution >= 0.6 is 0 Å². The average Bonchev–Trinajstić information content (AvgIpc) is 1.61. The summed E-state index contributed by atoms with van der Waals surface area (Å²) in [5.74, 6) is 0. The molecular formula is C2H6Li4O6. The third kappa shape index (κ3) is 30.6. The van der Waals surface area contributed by atoms with E-state index in [1.807, 2.05) is 0 Å². The third-order valence-corrected chi connectivity index (χ3v) is 0.184. The van der Waals surface area contributed by atoms with Gasteiger partial charge < -0.3 is 10.2 Å². The second-order valence-electron chi connectivity index (χ2n) is 0.698. The molecule has 6 nitrogen and oxygen atoms in total. The van der Waals surface area contributed by atoms with Gasteiger partial charge in [-0.2, -0.15) is 0 Å². The molecule has 0 spiro atoms. The predicted molar refractivity (Wildman–Crippen MR) is 46.8 cm³/mol. The van der Waals surface area contributed by atoms with Gasteiger partial charge in [-0.25, -0.2) is 19.4 Å². The van der Waals surface area contributed by atoms with Crippen molar-refractivity contribution in [3.05, 3.63) is 0 Å². The van der Waals surface area contributed by atoms with E-state index in [9.17, 15) is 9.59 Å². The van der Waals surface area contributed by atoms with Crippen LogP contribution in [-0.2, 0) is 9.78 Å². The number of carboxylic acid groups (broad SMARTS) is 2. The third-order valence-electron chi connectivity index (χ3n) is 0.184. The minimum atomic E-state index is -1.80. The fraction of sp³-hybridized carbons (Fsp3) is 0. The van der Waals surface area contributed by atoms with Gasteiger partial charge in [0.15, 0.2) is 0 Å². The molecule has 0 aliphatic carbocycles. The molecule has 0 aliphatic heterocycles.